The number of carboxylic acid groups (broad SMARTS) is 1. The second kappa shape index (κ2) is 9.76. The zero-order chi connectivity index (χ0) is 23.5. The summed E-state index contributed by atoms with van der Waals surface area (Å²) in [6.45, 7) is 0.476. The molecule has 0 bridgehead atoms. The van der Waals surface area contributed by atoms with E-state index in [1.807, 2.05) is 24.3 Å². The molecule has 0 spiro atoms. The van der Waals surface area contributed by atoms with Crippen molar-refractivity contribution in [2.24, 2.45) is 0 Å². The number of carbonyl (C=O) groups is 1. The van der Waals surface area contributed by atoms with Crippen LogP contribution >= 0.6 is 0 Å². The molecule has 0 aromatic heterocycles. The second-order valence-electron chi connectivity index (χ2n) is 7.62. The Labute approximate surface area is 191 Å². The lowest BCUT2D eigenvalue weighted by Crippen LogP contribution is -2.35. The molecule has 0 radical (unpaired) electrons. The van der Waals surface area contributed by atoms with Crippen LogP contribution in [-0.4, -0.2) is 31.4 Å². The SMILES string of the molecule is O=C(O)C1CCS(=O)N1Cc1cccc(COc2ccc(-c3cc(F)c(F)cc3F)cc2)c1. The predicted octanol–water partition coefficient (Wildman–Crippen LogP) is 4.67. The Morgan fingerprint density at radius 3 is 2.42 bits per heavy atom. The summed E-state index contributed by atoms with van der Waals surface area (Å²) in [4.78, 5) is 11.4. The first-order valence-corrected chi connectivity index (χ1v) is 11.4. The van der Waals surface area contributed by atoms with E-state index in [-0.39, 0.29) is 18.7 Å². The number of hydrogen-bond donors (Lipinski definition) is 1. The van der Waals surface area contributed by atoms with Gasteiger partial charge in [-0.1, -0.05) is 36.4 Å². The van der Waals surface area contributed by atoms with Gasteiger partial charge in [0.05, 0.1) is 11.0 Å². The average molecular weight is 475 g/mol. The van der Waals surface area contributed by atoms with Crippen molar-refractivity contribution in [2.75, 3.05) is 5.75 Å². The van der Waals surface area contributed by atoms with Crippen molar-refractivity contribution in [3.05, 3.63) is 89.2 Å². The molecule has 2 unspecified atom stereocenters. The number of benzene rings is 3. The maximum atomic E-state index is 14.0. The summed E-state index contributed by atoms with van der Waals surface area (Å²) in [5.41, 5.74) is 1.99. The van der Waals surface area contributed by atoms with Gasteiger partial charge in [-0.25, -0.2) is 21.7 Å². The summed E-state index contributed by atoms with van der Waals surface area (Å²) >= 11 is 0. The summed E-state index contributed by atoms with van der Waals surface area (Å²) in [6.07, 6.45) is 0.356. The van der Waals surface area contributed by atoms with Gasteiger partial charge in [-0.3, -0.25) is 4.79 Å². The third kappa shape index (κ3) is 5.26. The third-order valence-electron chi connectivity index (χ3n) is 5.37. The molecule has 1 heterocycles. The summed E-state index contributed by atoms with van der Waals surface area (Å²) in [7, 11) is -1.32. The fourth-order valence-corrected chi connectivity index (χ4v) is 5.12. The van der Waals surface area contributed by atoms with Gasteiger partial charge in [-0.2, -0.15) is 0 Å². The van der Waals surface area contributed by atoms with Gasteiger partial charge in [-0.05, 0) is 41.3 Å². The van der Waals surface area contributed by atoms with Crippen LogP contribution in [0.25, 0.3) is 11.1 Å². The lowest BCUT2D eigenvalue weighted by atomic mass is 10.0. The van der Waals surface area contributed by atoms with Gasteiger partial charge in [0.15, 0.2) is 11.6 Å². The van der Waals surface area contributed by atoms with E-state index < -0.39 is 40.4 Å². The van der Waals surface area contributed by atoms with E-state index in [1.54, 1.807) is 24.3 Å². The maximum Gasteiger partial charge on any atom is 0.321 e. The third-order valence-corrected chi connectivity index (χ3v) is 6.86. The average Bonchev–Trinajstić information content (AvgIpc) is 3.16. The molecule has 9 heteroatoms. The number of carboxylic acids is 1. The highest BCUT2D eigenvalue weighted by Gasteiger charge is 2.36. The number of hydrogen-bond acceptors (Lipinski definition) is 3. The Balaban J connectivity index is 1.41. The topological polar surface area (TPSA) is 66.8 Å². The van der Waals surface area contributed by atoms with E-state index in [2.05, 4.69) is 0 Å². The lowest BCUT2D eigenvalue weighted by molar-refractivity contribution is -0.141. The van der Waals surface area contributed by atoms with E-state index in [4.69, 9.17) is 4.74 Å². The lowest BCUT2D eigenvalue weighted by Gasteiger charge is -2.19. The molecule has 2 atom stereocenters. The largest absolute Gasteiger partial charge is 0.489 e. The zero-order valence-electron chi connectivity index (χ0n) is 17.3. The van der Waals surface area contributed by atoms with Crippen molar-refractivity contribution in [1.82, 2.24) is 4.31 Å². The molecule has 0 amide bonds. The molecule has 0 aliphatic carbocycles. The van der Waals surface area contributed by atoms with Gasteiger partial charge in [0, 0.05) is 23.9 Å². The van der Waals surface area contributed by atoms with Crippen LogP contribution in [0.5, 0.6) is 5.75 Å². The smallest absolute Gasteiger partial charge is 0.321 e. The number of halogens is 3. The van der Waals surface area contributed by atoms with Gasteiger partial charge < -0.3 is 9.84 Å². The van der Waals surface area contributed by atoms with Gasteiger partial charge in [0.25, 0.3) is 0 Å². The second-order valence-corrected chi connectivity index (χ2v) is 9.14. The summed E-state index contributed by atoms with van der Waals surface area (Å²) in [5, 5.41) is 9.33. The quantitative estimate of drug-likeness (QED) is 0.505. The molecule has 172 valence electrons. The molecule has 4 rings (SSSR count). The molecular formula is C24H20F3NO4S. The summed E-state index contributed by atoms with van der Waals surface area (Å²) in [5.74, 6) is -3.37. The van der Waals surface area contributed by atoms with Crippen molar-refractivity contribution in [3.63, 3.8) is 0 Å². The highest BCUT2D eigenvalue weighted by molar-refractivity contribution is 7.82. The van der Waals surface area contributed by atoms with Crippen molar-refractivity contribution >= 4 is 17.0 Å². The van der Waals surface area contributed by atoms with Crippen LogP contribution in [0.1, 0.15) is 17.5 Å². The Hall–Kier alpha value is -3.17. The van der Waals surface area contributed by atoms with Crippen LogP contribution in [0.15, 0.2) is 60.7 Å². The Morgan fingerprint density at radius 2 is 1.70 bits per heavy atom. The molecule has 1 saturated heterocycles. The molecule has 5 nitrogen and oxygen atoms in total. The Morgan fingerprint density at radius 1 is 1.00 bits per heavy atom. The van der Waals surface area contributed by atoms with Crippen LogP contribution in [0.3, 0.4) is 0 Å². The first kappa shape index (κ1) is 23.0. The van der Waals surface area contributed by atoms with E-state index in [0.717, 1.165) is 17.2 Å². The first-order valence-electron chi connectivity index (χ1n) is 10.2. The van der Waals surface area contributed by atoms with E-state index >= 15 is 0 Å². The van der Waals surface area contributed by atoms with Crippen LogP contribution in [0.4, 0.5) is 13.2 Å². The van der Waals surface area contributed by atoms with Gasteiger partial charge >= 0.3 is 5.97 Å². The van der Waals surface area contributed by atoms with E-state index in [0.29, 0.717) is 29.6 Å². The Kier molecular flexibility index (Phi) is 6.80. The minimum Gasteiger partial charge on any atom is -0.489 e. The normalized spacial score (nSPS) is 18.4. The maximum absolute atomic E-state index is 14.0. The van der Waals surface area contributed by atoms with Crippen LogP contribution in [-0.2, 0) is 28.9 Å². The van der Waals surface area contributed by atoms with Crippen molar-refractivity contribution in [2.45, 2.75) is 25.6 Å². The van der Waals surface area contributed by atoms with Crippen molar-refractivity contribution in [1.29, 1.82) is 0 Å². The standard InChI is InChI=1S/C24H20F3NO4S/c25-20-12-22(27)21(26)11-19(20)17-4-6-18(7-5-17)32-14-16-3-1-2-15(10-16)13-28-23(24(29)30)8-9-33(28)31/h1-7,10-12,23H,8-9,13-14H2,(H,29,30). The minimum absolute atomic E-state index is 0.0490. The molecule has 3 aromatic rings. The monoisotopic (exact) mass is 475 g/mol. The molecule has 0 saturated carbocycles. The fraction of sp³-hybridized carbons (Fsp3) is 0.208. The number of aliphatic carboxylic acids is 1. The number of nitrogens with zero attached hydrogens (tertiary/aromatic N) is 1. The first-order chi connectivity index (χ1) is 15.8. The predicted molar refractivity (Wildman–Crippen MR) is 117 cm³/mol. The van der Waals surface area contributed by atoms with Crippen LogP contribution in [0, 0.1) is 17.5 Å². The number of rotatable bonds is 7. The van der Waals surface area contributed by atoms with Crippen molar-refractivity contribution in [3.8, 4) is 16.9 Å². The van der Waals surface area contributed by atoms with Crippen LogP contribution in [0.2, 0.25) is 0 Å². The molecule has 1 aliphatic heterocycles. The molecule has 3 aromatic carbocycles. The molecular weight excluding hydrogens is 455 g/mol. The Bertz CT molecular complexity index is 1200. The highest BCUT2D eigenvalue weighted by atomic mass is 32.2. The molecule has 1 N–H and O–H groups in total. The minimum atomic E-state index is -1.32. The van der Waals surface area contributed by atoms with Crippen LogP contribution < -0.4 is 4.74 Å². The van der Waals surface area contributed by atoms with Crippen molar-refractivity contribution < 1.29 is 32.0 Å². The highest BCUT2D eigenvalue weighted by Crippen LogP contribution is 2.27. The summed E-state index contributed by atoms with van der Waals surface area (Å²) < 4.78 is 60.0. The zero-order valence-corrected chi connectivity index (χ0v) is 18.2. The van der Waals surface area contributed by atoms with Gasteiger partial charge in [0.1, 0.15) is 24.2 Å². The fourth-order valence-electron chi connectivity index (χ4n) is 3.68. The molecule has 1 fully saturated rings. The molecule has 1 aliphatic rings. The van der Waals surface area contributed by atoms with E-state index in [9.17, 15) is 27.3 Å². The van der Waals surface area contributed by atoms with E-state index in [1.165, 1.54) is 4.31 Å². The van der Waals surface area contributed by atoms with Gasteiger partial charge in [-0.15, -0.1) is 0 Å². The summed E-state index contributed by atoms with van der Waals surface area (Å²) in [6, 6.07) is 14.2. The molecule has 33 heavy (non-hydrogen) atoms. The van der Waals surface area contributed by atoms with Gasteiger partial charge in [0.2, 0.25) is 0 Å². The number of ether oxygens (including phenoxy) is 1.